The molecule has 3 rings (SSSR count). The van der Waals surface area contributed by atoms with Crippen molar-refractivity contribution in [1.29, 1.82) is 0 Å². The monoisotopic (exact) mass is 316 g/mol. The summed E-state index contributed by atoms with van der Waals surface area (Å²) < 4.78 is 5.81. The van der Waals surface area contributed by atoms with E-state index in [1.165, 1.54) is 0 Å². The average Bonchev–Trinajstić information content (AvgIpc) is 3.21. The first-order valence-electron chi connectivity index (χ1n) is 8.49. The highest BCUT2D eigenvalue weighted by molar-refractivity contribution is 5.90. The summed E-state index contributed by atoms with van der Waals surface area (Å²) in [7, 11) is 0. The van der Waals surface area contributed by atoms with Gasteiger partial charge in [-0.15, -0.1) is 0 Å². The maximum absolute atomic E-state index is 12.9. The smallest absolute Gasteiger partial charge is 0.264 e. The zero-order valence-corrected chi connectivity index (χ0v) is 13.8. The van der Waals surface area contributed by atoms with Crippen molar-refractivity contribution in [2.45, 2.75) is 45.3 Å². The lowest BCUT2D eigenvalue weighted by molar-refractivity contribution is -0.147. The van der Waals surface area contributed by atoms with Crippen LogP contribution in [-0.2, 0) is 16.0 Å². The van der Waals surface area contributed by atoms with E-state index in [2.05, 4.69) is 0 Å². The number of nitrogens with zero attached hydrogens (tertiary/aromatic N) is 2. The summed E-state index contributed by atoms with van der Waals surface area (Å²) in [5.41, 5.74) is 1.07. The van der Waals surface area contributed by atoms with Crippen LogP contribution in [0, 0.1) is 0 Å². The summed E-state index contributed by atoms with van der Waals surface area (Å²) in [4.78, 5) is 29.0. The van der Waals surface area contributed by atoms with E-state index in [-0.39, 0.29) is 17.9 Å². The largest absolute Gasteiger partial charge is 0.480 e. The van der Waals surface area contributed by atoms with Crippen LogP contribution in [0.4, 0.5) is 0 Å². The summed E-state index contributed by atoms with van der Waals surface area (Å²) >= 11 is 0. The van der Waals surface area contributed by atoms with Gasteiger partial charge in [0.15, 0.2) is 6.10 Å². The molecule has 0 bridgehead atoms. The molecule has 0 radical (unpaired) electrons. The second-order valence-corrected chi connectivity index (χ2v) is 6.12. The molecule has 2 aliphatic heterocycles. The molecule has 1 saturated heterocycles. The number of carbonyl (C=O) groups is 2. The molecular weight excluding hydrogens is 292 g/mol. The number of likely N-dealkylation sites (tertiary alicyclic amines) is 1. The van der Waals surface area contributed by atoms with Gasteiger partial charge in [0, 0.05) is 26.1 Å². The highest BCUT2D eigenvalue weighted by Crippen LogP contribution is 2.30. The number of rotatable bonds is 4. The van der Waals surface area contributed by atoms with Crippen molar-refractivity contribution in [3.8, 4) is 5.75 Å². The molecule has 5 nitrogen and oxygen atoms in total. The van der Waals surface area contributed by atoms with Crippen LogP contribution in [0.2, 0.25) is 0 Å². The molecule has 2 amide bonds. The van der Waals surface area contributed by atoms with Gasteiger partial charge < -0.3 is 14.5 Å². The predicted octanol–water partition coefficient (Wildman–Crippen LogP) is 1.85. The Morgan fingerprint density at radius 1 is 1.26 bits per heavy atom. The number of likely N-dealkylation sites (N-methyl/N-ethyl adjacent to an activating group) is 1. The lowest BCUT2D eigenvalue weighted by Crippen LogP contribution is -2.51. The Hall–Kier alpha value is -2.04. The maximum atomic E-state index is 12.9. The molecule has 2 aliphatic rings. The van der Waals surface area contributed by atoms with E-state index in [1.807, 2.05) is 38.1 Å². The van der Waals surface area contributed by atoms with Crippen molar-refractivity contribution in [1.82, 2.24) is 9.80 Å². The first-order valence-corrected chi connectivity index (χ1v) is 8.49. The fourth-order valence-electron chi connectivity index (χ4n) is 3.54. The van der Waals surface area contributed by atoms with Crippen molar-refractivity contribution >= 4 is 11.8 Å². The quantitative estimate of drug-likeness (QED) is 0.852. The number of carbonyl (C=O) groups excluding carboxylic acids is 2. The zero-order valence-electron chi connectivity index (χ0n) is 13.8. The molecule has 0 aliphatic carbocycles. The third-order valence-corrected chi connectivity index (χ3v) is 4.82. The Kier molecular flexibility index (Phi) is 4.55. The van der Waals surface area contributed by atoms with Crippen molar-refractivity contribution in [2.75, 3.05) is 19.6 Å². The van der Waals surface area contributed by atoms with E-state index in [0.717, 1.165) is 24.2 Å². The number of amides is 2. The Morgan fingerprint density at radius 3 is 2.70 bits per heavy atom. The maximum Gasteiger partial charge on any atom is 0.264 e. The van der Waals surface area contributed by atoms with Gasteiger partial charge in [0.05, 0.1) is 0 Å². The van der Waals surface area contributed by atoms with Gasteiger partial charge in [0.1, 0.15) is 11.8 Å². The van der Waals surface area contributed by atoms with Crippen LogP contribution in [0.5, 0.6) is 5.75 Å². The summed E-state index contributed by atoms with van der Waals surface area (Å²) in [5, 5.41) is 0. The van der Waals surface area contributed by atoms with Gasteiger partial charge in [-0.1, -0.05) is 18.2 Å². The summed E-state index contributed by atoms with van der Waals surface area (Å²) in [6.45, 7) is 5.95. The van der Waals surface area contributed by atoms with Gasteiger partial charge in [-0.2, -0.15) is 0 Å². The van der Waals surface area contributed by atoms with Crippen molar-refractivity contribution < 1.29 is 14.3 Å². The second-order valence-electron chi connectivity index (χ2n) is 6.12. The van der Waals surface area contributed by atoms with Gasteiger partial charge >= 0.3 is 0 Å². The van der Waals surface area contributed by atoms with Crippen molar-refractivity contribution in [3.05, 3.63) is 29.8 Å². The summed E-state index contributed by atoms with van der Waals surface area (Å²) in [6.07, 6.45) is 1.74. The van der Waals surface area contributed by atoms with E-state index in [9.17, 15) is 9.59 Å². The summed E-state index contributed by atoms with van der Waals surface area (Å²) in [5.74, 6) is 0.803. The fraction of sp³-hybridized carbons (Fsp3) is 0.556. The van der Waals surface area contributed by atoms with Crippen LogP contribution < -0.4 is 4.74 Å². The van der Waals surface area contributed by atoms with Crippen LogP contribution in [0.25, 0.3) is 0 Å². The van der Waals surface area contributed by atoms with Crippen molar-refractivity contribution in [3.63, 3.8) is 0 Å². The van der Waals surface area contributed by atoms with Gasteiger partial charge in [0.2, 0.25) is 5.91 Å². The van der Waals surface area contributed by atoms with Gasteiger partial charge in [-0.25, -0.2) is 0 Å². The van der Waals surface area contributed by atoms with Crippen LogP contribution in [0.15, 0.2) is 24.3 Å². The molecule has 5 heteroatoms. The normalized spacial score (nSPS) is 22.6. The van der Waals surface area contributed by atoms with Crippen LogP contribution >= 0.6 is 0 Å². The molecular formula is C18H24N2O3. The molecule has 2 heterocycles. The third kappa shape index (κ3) is 2.92. The second kappa shape index (κ2) is 6.60. The van der Waals surface area contributed by atoms with E-state index in [1.54, 1.807) is 9.80 Å². The topological polar surface area (TPSA) is 49.9 Å². The minimum atomic E-state index is -0.488. The molecule has 2 unspecified atom stereocenters. The lowest BCUT2D eigenvalue weighted by atomic mass is 10.1. The Labute approximate surface area is 137 Å². The number of ether oxygens (including phenoxy) is 1. The first kappa shape index (κ1) is 15.8. The molecule has 0 spiro atoms. The average molecular weight is 316 g/mol. The molecule has 2 atom stereocenters. The zero-order chi connectivity index (χ0) is 16.4. The number of benzene rings is 1. The molecule has 0 aromatic heterocycles. The SMILES string of the molecule is CCN(CC)C(=O)C1CCCN1C(=O)C1Cc2ccccc2O1. The molecule has 23 heavy (non-hydrogen) atoms. The summed E-state index contributed by atoms with van der Waals surface area (Å²) in [6, 6.07) is 7.43. The number of hydrogen-bond donors (Lipinski definition) is 0. The molecule has 1 fully saturated rings. The highest BCUT2D eigenvalue weighted by atomic mass is 16.5. The third-order valence-electron chi connectivity index (χ3n) is 4.82. The standard InChI is InChI=1S/C18H24N2O3/c1-3-19(4-2)17(21)14-9-7-11-20(14)18(22)16-12-13-8-5-6-10-15(13)23-16/h5-6,8,10,14,16H,3-4,7,9,11-12H2,1-2H3. The molecule has 124 valence electrons. The molecule has 1 aromatic carbocycles. The Balaban J connectivity index is 1.71. The predicted molar refractivity (Wildman–Crippen MR) is 87.2 cm³/mol. The lowest BCUT2D eigenvalue weighted by Gasteiger charge is -2.30. The molecule has 1 aromatic rings. The minimum absolute atomic E-state index is 0.0517. The molecule has 0 saturated carbocycles. The van der Waals surface area contributed by atoms with Crippen LogP contribution in [0.3, 0.4) is 0 Å². The Bertz CT molecular complexity index is 573. The van der Waals surface area contributed by atoms with Crippen LogP contribution in [0.1, 0.15) is 32.3 Å². The van der Waals surface area contributed by atoms with Gasteiger partial charge in [0.25, 0.3) is 5.91 Å². The van der Waals surface area contributed by atoms with E-state index in [0.29, 0.717) is 26.1 Å². The fourth-order valence-corrected chi connectivity index (χ4v) is 3.54. The van der Waals surface area contributed by atoms with Crippen molar-refractivity contribution in [2.24, 2.45) is 0 Å². The highest BCUT2D eigenvalue weighted by Gasteiger charge is 2.40. The number of hydrogen-bond acceptors (Lipinski definition) is 3. The molecule has 0 N–H and O–H groups in total. The number of fused-ring (bicyclic) bond motifs is 1. The first-order chi connectivity index (χ1) is 11.2. The van der Waals surface area contributed by atoms with E-state index in [4.69, 9.17) is 4.74 Å². The number of para-hydroxylation sites is 1. The Morgan fingerprint density at radius 2 is 2.00 bits per heavy atom. The van der Waals surface area contributed by atoms with Crippen LogP contribution in [-0.4, -0.2) is 53.4 Å². The van der Waals surface area contributed by atoms with Gasteiger partial charge in [-0.3, -0.25) is 9.59 Å². The minimum Gasteiger partial charge on any atom is -0.480 e. The van der Waals surface area contributed by atoms with E-state index < -0.39 is 6.10 Å². The van der Waals surface area contributed by atoms with Gasteiger partial charge in [-0.05, 0) is 38.3 Å². The van der Waals surface area contributed by atoms with E-state index >= 15 is 0 Å².